The summed E-state index contributed by atoms with van der Waals surface area (Å²) in [6, 6.07) is 9.09. The van der Waals surface area contributed by atoms with Crippen molar-refractivity contribution in [1.82, 2.24) is 0 Å². The summed E-state index contributed by atoms with van der Waals surface area (Å²) in [5, 5.41) is 0. The van der Waals surface area contributed by atoms with Crippen molar-refractivity contribution >= 4 is 27.4 Å². The molecule has 0 bridgehead atoms. The maximum atomic E-state index is 13.2. The summed E-state index contributed by atoms with van der Waals surface area (Å²) < 4.78 is 13.8. The van der Waals surface area contributed by atoms with E-state index in [1.54, 1.807) is 25.1 Å². The Labute approximate surface area is 113 Å². The molecule has 0 aliphatic heterocycles. The van der Waals surface area contributed by atoms with Gasteiger partial charge in [0, 0.05) is 21.3 Å². The van der Waals surface area contributed by atoms with E-state index in [4.69, 9.17) is 5.73 Å². The highest BCUT2D eigenvalue weighted by molar-refractivity contribution is 9.10. The summed E-state index contributed by atoms with van der Waals surface area (Å²) in [7, 11) is 0. The lowest BCUT2D eigenvalue weighted by atomic mass is 9.98. The number of benzene rings is 2. The number of carbonyl (C=O) groups excluding carboxylic acids is 1. The maximum Gasteiger partial charge on any atom is 0.194 e. The van der Waals surface area contributed by atoms with Crippen molar-refractivity contribution in [1.29, 1.82) is 0 Å². The first kappa shape index (κ1) is 12.8. The Morgan fingerprint density at radius 1 is 1.17 bits per heavy atom. The van der Waals surface area contributed by atoms with Crippen LogP contribution >= 0.6 is 15.9 Å². The number of carbonyl (C=O) groups is 1. The minimum Gasteiger partial charge on any atom is -0.399 e. The molecule has 0 amide bonds. The van der Waals surface area contributed by atoms with Gasteiger partial charge in [-0.05, 0) is 48.9 Å². The highest BCUT2D eigenvalue weighted by Gasteiger charge is 2.15. The number of nitrogen functional groups attached to an aromatic ring is 1. The van der Waals surface area contributed by atoms with Crippen LogP contribution in [0.4, 0.5) is 10.1 Å². The lowest BCUT2D eigenvalue weighted by molar-refractivity contribution is 0.103. The highest BCUT2D eigenvalue weighted by Crippen LogP contribution is 2.23. The molecule has 0 aromatic heterocycles. The maximum absolute atomic E-state index is 13.2. The molecular weight excluding hydrogens is 297 g/mol. The van der Waals surface area contributed by atoms with Gasteiger partial charge in [0.2, 0.25) is 0 Å². The van der Waals surface area contributed by atoms with E-state index < -0.39 is 5.82 Å². The highest BCUT2D eigenvalue weighted by atomic mass is 79.9. The monoisotopic (exact) mass is 307 g/mol. The molecule has 0 spiro atoms. The van der Waals surface area contributed by atoms with E-state index in [2.05, 4.69) is 15.9 Å². The fraction of sp³-hybridized carbons (Fsp3) is 0.0714. The summed E-state index contributed by atoms with van der Waals surface area (Å²) in [4.78, 5) is 12.3. The van der Waals surface area contributed by atoms with Crippen molar-refractivity contribution in [3.05, 3.63) is 63.4 Å². The largest absolute Gasteiger partial charge is 0.399 e. The Hall–Kier alpha value is -1.68. The van der Waals surface area contributed by atoms with Crippen LogP contribution in [0.15, 0.2) is 40.9 Å². The van der Waals surface area contributed by atoms with Crippen LogP contribution in [0.5, 0.6) is 0 Å². The topological polar surface area (TPSA) is 43.1 Å². The SMILES string of the molecule is Cc1cc(N)ccc1C(=O)c1cc(F)ccc1Br. The molecule has 0 unspecified atom stereocenters. The summed E-state index contributed by atoms with van der Waals surface area (Å²) >= 11 is 3.26. The molecule has 2 rings (SSSR count). The second-order valence-electron chi connectivity index (χ2n) is 4.03. The van der Waals surface area contributed by atoms with Crippen molar-refractivity contribution < 1.29 is 9.18 Å². The summed E-state index contributed by atoms with van der Waals surface area (Å²) in [6.45, 7) is 1.80. The van der Waals surface area contributed by atoms with Crippen molar-refractivity contribution in [3.63, 3.8) is 0 Å². The molecule has 0 aliphatic carbocycles. The second kappa shape index (κ2) is 4.90. The molecule has 2 nitrogen and oxygen atoms in total. The van der Waals surface area contributed by atoms with Gasteiger partial charge < -0.3 is 5.73 Å². The normalized spacial score (nSPS) is 10.4. The average Bonchev–Trinajstić information content (AvgIpc) is 2.31. The molecule has 0 fully saturated rings. The summed E-state index contributed by atoms with van der Waals surface area (Å²) in [5.74, 6) is -0.659. The van der Waals surface area contributed by atoms with E-state index >= 15 is 0 Å². The predicted molar refractivity (Wildman–Crippen MR) is 73.1 cm³/mol. The Balaban J connectivity index is 2.51. The Bertz CT molecular complexity index is 625. The zero-order valence-corrected chi connectivity index (χ0v) is 11.3. The molecule has 0 heterocycles. The van der Waals surface area contributed by atoms with Gasteiger partial charge in [0.25, 0.3) is 0 Å². The Kier molecular flexibility index (Phi) is 3.48. The molecule has 0 saturated heterocycles. The quantitative estimate of drug-likeness (QED) is 0.679. The van der Waals surface area contributed by atoms with Crippen molar-refractivity contribution in [2.45, 2.75) is 6.92 Å². The van der Waals surface area contributed by atoms with E-state index in [1.807, 2.05) is 0 Å². The first-order valence-corrected chi connectivity index (χ1v) is 6.14. The molecule has 92 valence electrons. The van der Waals surface area contributed by atoms with Crippen molar-refractivity contribution in [2.75, 3.05) is 5.73 Å². The standard InChI is InChI=1S/C14H11BrFNO/c1-8-6-10(17)3-4-11(8)14(18)12-7-9(16)2-5-13(12)15/h2-7H,17H2,1H3. The van der Waals surface area contributed by atoms with Crippen LogP contribution in [0.3, 0.4) is 0 Å². The third-order valence-electron chi connectivity index (χ3n) is 2.67. The third kappa shape index (κ3) is 2.43. The minimum absolute atomic E-state index is 0.223. The van der Waals surface area contributed by atoms with E-state index in [-0.39, 0.29) is 5.78 Å². The molecule has 2 aromatic rings. The second-order valence-corrected chi connectivity index (χ2v) is 4.88. The third-order valence-corrected chi connectivity index (χ3v) is 3.36. The van der Waals surface area contributed by atoms with Crippen LogP contribution in [-0.2, 0) is 0 Å². The molecule has 4 heteroatoms. The number of hydrogen-bond donors (Lipinski definition) is 1. The van der Waals surface area contributed by atoms with Crippen LogP contribution in [0.25, 0.3) is 0 Å². The number of aryl methyl sites for hydroxylation is 1. The van der Waals surface area contributed by atoms with E-state index in [9.17, 15) is 9.18 Å². The zero-order chi connectivity index (χ0) is 13.3. The van der Waals surface area contributed by atoms with E-state index in [1.165, 1.54) is 18.2 Å². The number of ketones is 1. The fourth-order valence-corrected chi connectivity index (χ4v) is 2.18. The smallest absolute Gasteiger partial charge is 0.194 e. The Morgan fingerprint density at radius 3 is 2.56 bits per heavy atom. The molecule has 2 aromatic carbocycles. The van der Waals surface area contributed by atoms with Gasteiger partial charge in [-0.1, -0.05) is 15.9 Å². The number of halogens is 2. The molecule has 2 N–H and O–H groups in total. The van der Waals surface area contributed by atoms with Gasteiger partial charge in [-0.15, -0.1) is 0 Å². The zero-order valence-electron chi connectivity index (χ0n) is 9.71. The van der Waals surface area contributed by atoms with Crippen LogP contribution < -0.4 is 5.73 Å². The molecule has 0 atom stereocenters. The van der Waals surface area contributed by atoms with Gasteiger partial charge >= 0.3 is 0 Å². The number of hydrogen-bond acceptors (Lipinski definition) is 2. The van der Waals surface area contributed by atoms with Gasteiger partial charge in [0.05, 0.1) is 0 Å². The molecular formula is C14H11BrFNO. The van der Waals surface area contributed by atoms with Gasteiger partial charge in [-0.3, -0.25) is 4.79 Å². The van der Waals surface area contributed by atoms with Gasteiger partial charge in [0.1, 0.15) is 5.82 Å². The lowest BCUT2D eigenvalue weighted by Crippen LogP contribution is -2.05. The molecule has 0 saturated carbocycles. The van der Waals surface area contributed by atoms with Gasteiger partial charge in [-0.2, -0.15) is 0 Å². The first-order chi connectivity index (χ1) is 8.49. The summed E-state index contributed by atoms with van der Waals surface area (Å²) in [5.41, 5.74) is 7.85. The van der Waals surface area contributed by atoms with Crippen LogP contribution in [0.2, 0.25) is 0 Å². The van der Waals surface area contributed by atoms with E-state index in [0.29, 0.717) is 21.3 Å². The molecule has 18 heavy (non-hydrogen) atoms. The van der Waals surface area contributed by atoms with Gasteiger partial charge in [-0.25, -0.2) is 4.39 Å². The number of nitrogens with two attached hydrogens (primary N) is 1. The Morgan fingerprint density at radius 2 is 1.89 bits per heavy atom. The lowest BCUT2D eigenvalue weighted by Gasteiger charge is -2.07. The average molecular weight is 308 g/mol. The van der Waals surface area contributed by atoms with E-state index in [0.717, 1.165) is 5.56 Å². The number of rotatable bonds is 2. The number of anilines is 1. The fourth-order valence-electron chi connectivity index (χ4n) is 1.76. The molecule has 0 aliphatic rings. The van der Waals surface area contributed by atoms with Crippen molar-refractivity contribution in [2.24, 2.45) is 0 Å². The summed E-state index contributed by atoms with van der Waals surface area (Å²) in [6.07, 6.45) is 0. The van der Waals surface area contributed by atoms with Crippen LogP contribution in [0, 0.1) is 12.7 Å². The van der Waals surface area contributed by atoms with Crippen LogP contribution in [-0.4, -0.2) is 5.78 Å². The van der Waals surface area contributed by atoms with Crippen molar-refractivity contribution in [3.8, 4) is 0 Å². The predicted octanol–water partition coefficient (Wildman–Crippen LogP) is 3.71. The first-order valence-electron chi connectivity index (χ1n) is 5.35. The molecule has 0 radical (unpaired) electrons. The van der Waals surface area contributed by atoms with Gasteiger partial charge in [0.15, 0.2) is 5.78 Å². The minimum atomic E-state index is -0.436. The van der Waals surface area contributed by atoms with Crippen LogP contribution in [0.1, 0.15) is 21.5 Å².